The number of ketones is 1. The molecule has 0 heterocycles. The van der Waals surface area contributed by atoms with Gasteiger partial charge in [0.1, 0.15) is 5.60 Å². The second-order valence-electron chi connectivity index (χ2n) is 5.49. The first-order valence-corrected chi connectivity index (χ1v) is 7.14. The minimum absolute atomic E-state index is 0.0182. The van der Waals surface area contributed by atoms with Crippen molar-refractivity contribution in [1.29, 1.82) is 0 Å². The van der Waals surface area contributed by atoms with E-state index in [1.807, 2.05) is 0 Å². The first-order chi connectivity index (χ1) is 10.0. The van der Waals surface area contributed by atoms with E-state index < -0.39 is 34.6 Å². The van der Waals surface area contributed by atoms with Crippen LogP contribution in [0.3, 0.4) is 0 Å². The Morgan fingerprint density at radius 1 is 1.32 bits per heavy atom. The number of Topliss-reactive ketones (excluding diaryl/α,β-unsaturated/α-hetero) is 1. The third-order valence-electron chi connectivity index (χ3n) is 2.36. The summed E-state index contributed by atoms with van der Waals surface area (Å²) < 4.78 is 10.6. The van der Waals surface area contributed by atoms with Gasteiger partial charge >= 0.3 is 11.7 Å². The van der Waals surface area contributed by atoms with Crippen molar-refractivity contribution >= 4 is 33.4 Å². The van der Waals surface area contributed by atoms with Crippen molar-refractivity contribution in [3.05, 3.63) is 32.3 Å². The smallest absolute Gasteiger partial charge is 0.344 e. The molecule has 0 fully saturated rings. The molecule has 0 aliphatic heterocycles. The summed E-state index contributed by atoms with van der Waals surface area (Å²) in [7, 11) is 0. The number of halogens is 1. The topological polar surface area (TPSA) is 95.7 Å². The van der Waals surface area contributed by atoms with Crippen LogP contribution in [0.4, 0.5) is 5.69 Å². The molecule has 0 aliphatic rings. The monoisotopic (exact) mass is 373 g/mol. The molecule has 0 saturated carbocycles. The van der Waals surface area contributed by atoms with Crippen molar-refractivity contribution in [2.24, 2.45) is 0 Å². The number of ether oxygens (including phenoxy) is 2. The van der Waals surface area contributed by atoms with E-state index in [1.165, 1.54) is 19.1 Å². The molecule has 1 aromatic rings. The predicted octanol–water partition coefficient (Wildman–Crippen LogP) is 3.28. The number of nitro benzene ring substituents is 1. The summed E-state index contributed by atoms with van der Waals surface area (Å²) in [6.45, 7) is 5.79. The second-order valence-corrected chi connectivity index (χ2v) is 6.41. The van der Waals surface area contributed by atoms with Crippen LogP contribution in [-0.2, 0) is 9.53 Å². The number of esters is 1. The molecule has 0 aromatic heterocycles. The van der Waals surface area contributed by atoms with E-state index in [0.29, 0.717) is 4.47 Å². The number of hydrogen-bond acceptors (Lipinski definition) is 6. The molecule has 7 nitrogen and oxygen atoms in total. The van der Waals surface area contributed by atoms with E-state index in [9.17, 15) is 19.7 Å². The van der Waals surface area contributed by atoms with Crippen LogP contribution in [0.2, 0.25) is 0 Å². The van der Waals surface area contributed by atoms with Gasteiger partial charge in [0, 0.05) is 10.5 Å². The zero-order valence-corrected chi connectivity index (χ0v) is 14.2. The molecule has 0 radical (unpaired) electrons. The molecule has 8 heteroatoms. The molecule has 0 bridgehead atoms. The number of carbonyl (C=O) groups is 2. The summed E-state index contributed by atoms with van der Waals surface area (Å²) in [6, 6.07) is 2.61. The number of carbonyl (C=O) groups excluding carboxylic acids is 2. The highest BCUT2D eigenvalue weighted by molar-refractivity contribution is 9.10. The van der Waals surface area contributed by atoms with Gasteiger partial charge in [0.15, 0.2) is 12.4 Å². The van der Waals surface area contributed by atoms with Crippen LogP contribution in [0, 0.1) is 10.1 Å². The average molecular weight is 374 g/mol. The maximum absolute atomic E-state index is 11.6. The Bertz CT molecular complexity index is 585. The van der Waals surface area contributed by atoms with E-state index in [4.69, 9.17) is 9.47 Å². The lowest BCUT2D eigenvalue weighted by Crippen LogP contribution is -2.27. The molecule has 1 rings (SSSR count). The van der Waals surface area contributed by atoms with E-state index in [1.54, 1.807) is 20.8 Å². The fraction of sp³-hybridized carbons (Fsp3) is 0.429. The Morgan fingerprint density at radius 3 is 2.36 bits per heavy atom. The van der Waals surface area contributed by atoms with Gasteiger partial charge in [0.2, 0.25) is 5.75 Å². The van der Waals surface area contributed by atoms with Crippen LogP contribution in [0.1, 0.15) is 38.1 Å². The average Bonchev–Trinajstić information content (AvgIpc) is 2.33. The minimum Gasteiger partial charge on any atom is -0.474 e. The predicted molar refractivity (Wildman–Crippen MR) is 82.1 cm³/mol. The van der Waals surface area contributed by atoms with E-state index >= 15 is 0 Å². The summed E-state index contributed by atoms with van der Waals surface area (Å²) in [5, 5.41) is 11.1. The standard InChI is InChI=1S/C14H16BrNO6/c1-8(17)10-5-9(15)6-11(16(19)20)13(10)21-7-12(18)22-14(2,3)4/h5-6H,7H2,1-4H3. The Morgan fingerprint density at radius 2 is 1.91 bits per heavy atom. The van der Waals surface area contributed by atoms with Gasteiger partial charge in [-0.3, -0.25) is 14.9 Å². The number of benzene rings is 1. The van der Waals surface area contributed by atoms with Gasteiger partial charge in [-0.1, -0.05) is 15.9 Å². The largest absolute Gasteiger partial charge is 0.474 e. The van der Waals surface area contributed by atoms with Crippen LogP contribution in [0.5, 0.6) is 5.75 Å². The molecule has 0 atom stereocenters. The van der Waals surface area contributed by atoms with Crippen LogP contribution in [0.25, 0.3) is 0 Å². The van der Waals surface area contributed by atoms with Gasteiger partial charge < -0.3 is 9.47 Å². The zero-order chi connectivity index (χ0) is 17.1. The van der Waals surface area contributed by atoms with Gasteiger partial charge in [0.05, 0.1) is 10.5 Å². The summed E-state index contributed by atoms with van der Waals surface area (Å²) >= 11 is 3.10. The molecule has 0 saturated heterocycles. The molecule has 1 aromatic carbocycles. The summed E-state index contributed by atoms with van der Waals surface area (Å²) in [4.78, 5) is 33.7. The lowest BCUT2D eigenvalue weighted by molar-refractivity contribution is -0.385. The maximum Gasteiger partial charge on any atom is 0.344 e. The summed E-state index contributed by atoms with van der Waals surface area (Å²) in [5.74, 6) is -1.34. The van der Waals surface area contributed by atoms with Crippen molar-refractivity contribution in [2.75, 3.05) is 6.61 Å². The zero-order valence-electron chi connectivity index (χ0n) is 12.6. The Kier molecular flexibility index (Phi) is 5.65. The van der Waals surface area contributed by atoms with Gasteiger partial charge in [-0.25, -0.2) is 4.79 Å². The first-order valence-electron chi connectivity index (χ1n) is 6.35. The third-order valence-corrected chi connectivity index (χ3v) is 2.82. The van der Waals surface area contributed by atoms with Crippen LogP contribution < -0.4 is 4.74 Å². The summed E-state index contributed by atoms with van der Waals surface area (Å²) in [5.41, 5.74) is -1.08. The van der Waals surface area contributed by atoms with Crippen molar-refractivity contribution in [3.63, 3.8) is 0 Å². The first kappa shape index (κ1) is 18.1. The number of nitro groups is 1. The minimum atomic E-state index is -0.699. The van der Waals surface area contributed by atoms with Crippen molar-refractivity contribution in [3.8, 4) is 5.75 Å². The fourth-order valence-corrected chi connectivity index (χ4v) is 2.08. The highest BCUT2D eigenvalue weighted by Crippen LogP contribution is 2.35. The molecule has 120 valence electrons. The van der Waals surface area contributed by atoms with Crippen LogP contribution in [-0.4, -0.2) is 28.9 Å². The van der Waals surface area contributed by atoms with Crippen molar-refractivity contribution in [1.82, 2.24) is 0 Å². The Balaban J connectivity index is 3.09. The molecule has 0 spiro atoms. The number of rotatable bonds is 5. The molecular weight excluding hydrogens is 358 g/mol. The quantitative estimate of drug-likeness (QED) is 0.340. The third kappa shape index (κ3) is 5.10. The van der Waals surface area contributed by atoms with Crippen molar-refractivity contribution in [2.45, 2.75) is 33.3 Å². The lowest BCUT2D eigenvalue weighted by atomic mass is 10.1. The number of hydrogen-bond donors (Lipinski definition) is 0. The molecule has 0 aliphatic carbocycles. The molecular formula is C14H16BrNO6. The van der Waals surface area contributed by atoms with Crippen LogP contribution in [0.15, 0.2) is 16.6 Å². The highest BCUT2D eigenvalue weighted by atomic mass is 79.9. The van der Waals surface area contributed by atoms with E-state index in [2.05, 4.69) is 15.9 Å². The van der Waals surface area contributed by atoms with E-state index in [-0.39, 0.29) is 11.3 Å². The maximum atomic E-state index is 11.6. The van der Waals surface area contributed by atoms with E-state index in [0.717, 1.165) is 0 Å². The van der Waals surface area contributed by atoms with Crippen molar-refractivity contribution < 1.29 is 24.0 Å². The molecule has 0 unspecified atom stereocenters. The molecule has 22 heavy (non-hydrogen) atoms. The Hall–Kier alpha value is -1.96. The van der Waals surface area contributed by atoms with Gasteiger partial charge in [-0.2, -0.15) is 0 Å². The highest BCUT2D eigenvalue weighted by Gasteiger charge is 2.25. The fourth-order valence-electron chi connectivity index (χ4n) is 1.63. The van der Waals surface area contributed by atoms with Gasteiger partial charge in [0.25, 0.3) is 0 Å². The number of nitrogens with zero attached hydrogens (tertiary/aromatic N) is 1. The Labute approximate surface area is 135 Å². The normalized spacial score (nSPS) is 11.0. The lowest BCUT2D eigenvalue weighted by Gasteiger charge is -2.19. The SMILES string of the molecule is CC(=O)c1cc(Br)cc([N+](=O)[O-])c1OCC(=O)OC(C)(C)C. The van der Waals surface area contributed by atoms with Gasteiger partial charge in [-0.05, 0) is 33.8 Å². The summed E-state index contributed by atoms with van der Waals surface area (Å²) in [6.07, 6.45) is 0. The second kappa shape index (κ2) is 6.87. The van der Waals surface area contributed by atoms with Crippen LogP contribution >= 0.6 is 15.9 Å². The molecule has 0 N–H and O–H groups in total. The van der Waals surface area contributed by atoms with Gasteiger partial charge in [-0.15, -0.1) is 0 Å². The molecule has 0 amide bonds.